The van der Waals surface area contributed by atoms with Crippen molar-refractivity contribution in [1.82, 2.24) is 5.01 Å². The largest absolute Gasteiger partial charge is 0.422 e. The van der Waals surface area contributed by atoms with Crippen LogP contribution < -0.4 is 0 Å². The minimum Gasteiger partial charge on any atom is -0.376 e. The maximum Gasteiger partial charge on any atom is 0.422 e. The van der Waals surface area contributed by atoms with Crippen molar-refractivity contribution in [3.05, 3.63) is 71.8 Å². The Morgan fingerprint density at radius 1 is 1.04 bits per heavy atom. The average Bonchev–Trinajstić information content (AvgIpc) is 3.09. The Kier molecular flexibility index (Phi) is 5.56. The molecule has 0 aliphatic carbocycles. The van der Waals surface area contributed by atoms with Gasteiger partial charge >= 0.3 is 6.18 Å². The summed E-state index contributed by atoms with van der Waals surface area (Å²) >= 11 is 0. The Labute approximate surface area is 157 Å². The Morgan fingerprint density at radius 2 is 1.56 bits per heavy atom. The van der Waals surface area contributed by atoms with Crippen LogP contribution in [0, 0.1) is 0 Å². The number of alkyl halides is 3. The number of hydrazone groups is 1. The molecule has 0 radical (unpaired) electrons. The van der Waals surface area contributed by atoms with Gasteiger partial charge in [0.2, 0.25) is 0 Å². The fourth-order valence-corrected chi connectivity index (χ4v) is 3.48. The van der Waals surface area contributed by atoms with Crippen molar-refractivity contribution in [2.75, 3.05) is 6.54 Å². The highest BCUT2D eigenvalue weighted by Crippen LogP contribution is 2.37. The smallest absolute Gasteiger partial charge is 0.376 e. The monoisotopic (exact) mass is 376 g/mol. The van der Waals surface area contributed by atoms with E-state index in [9.17, 15) is 18.3 Å². The second-order valence-electron chi connectivity index (χ2n) is 7.06. The highest BCUT2D eigenvalue weighted by atomic mass is 19.4. The molecule has 1 aliphatic rings. The van der Waals surface area contributed by atoms with Gasteiger partial charge in [-0.1, -0.05) is 60.7 Å². The van der Waals surface area contributed by atoms with Crippen LogP contribution in [0.25, 0.3) is 0 Å². The molecule has 1 heterocycles. The number of hydrogen-bond acceptors (Lipinski definition) is 3. The summed E-state index contributed by atoms with van der Waals surface area (Å²) in [6.07, 6.45) is -2.49. The molecule has 2 aromatic rings. The predicted molar refractivity (Wildman–Crippen MR) is 99.6 cm³/mol. The summed E-state index contributed by atoms with van der Waals surface area (Å²) < 4.78 is 38.8. The molecule has 1 N–H and O–H groups in total. The van der Waals surface area contributed by atoms with Crippen LogP contribution in [0.5, 0.6) is 0 Å². The number of aliphatic hydroxyl groups is 1. The molecule has 27 heavy (non-hydrogen) atoms. The Morgan fingerprint density at radius 3 is 2.04 bits per heavy atom. The molecule has 0 aromatic heterocycles. The van der Waals surface area contributed by atoms with Crippen molar-refractivity contribution in [1.29, 1.82) is 0 Å². The zero-order valence-corrected chi connectivity index (χ0v) is 15.1. The van der Waals surface area contributed by atoms with Gasteiger partial charge in [-0.3, -0.25) is 5.01 Å². The van der Waals surface area contributed by atoms with Crippen LogP contribution >= 0.6 is 0 Å². The summed E-state index contributed by atoms with van der Waals surface area (Å²) in [7, 11) is 0. The van der Waals surface area contributed by atoms with Crippen LogP contribution in [0.15, 0.2) is 65.8 Å². The normalized spacial score (nSPS) is 20.4. The van der Waals surface area contributed by atoms with Gasteiger partial charge in [-0.2, -0.15) is 18.3 Å². The van der Waals surface area contributed by atoms with Crippen LogP contribution in [0.3, 0.4) is 0 Å². The van der Waals surface area contributed by atoms with E-state index < -0.39 is 11.8 Å². The van der Waals surface area contributed by atoms with Crippen LogP contribution in [-0.4, -0.2) is 40.7 Å². The van der Waals surface area contributed by atoms with Gasteiger partial charge in [-0.25, -0.2) is 0 Å². The molecule has 0 spiro atoms. The lowest BCUT2D eigenvalue weighted by atomic mass is 9.84. The van der Waals surface area contributed by atoms with Crippen LogP contribution in [0.4, 0.5) is 13.2 Å². The van der Waals surface area contributed by atoms with E-state index in [1.165, 1.54) is 0 Å². The number of halogens is 3. The van der Waals surface area contributed by atoms with E-state index >= 15 is 0 Å². The van der Waals surface area contributed by atoms with Crippen molar-refractivity contribution >= 4 is 6.21 Å². The standard InChI is InChI=1S/C21H23F3N2O/c1-20(27,21(22,23)24)15-25-26-14-8-13-18(26)19(16-9-4-2-5-10-16)17-11-6-3-7-12-17/h2-7,9-12,15,18-19,27H,8,13-14H2,1H3/b25-15+/t18-,20?/m0/s1. The molecule has 0 saturated carbocycles. The fraction of sp³-hybridized carbons (Fsp3) is 0.381. The van der Waals surface area contributed by atoms with E-state index in [0.717, 1.165) is 24.0 Å². The first kappa shape index (κ1) is 19.4. The molecule has 1 aliphatic heterocycles. The third kappa shape index (κ3) is 4.33. The van der Waals surface area contributed by atoms with E-state index in [1.54, 1.807) is 5.01 Å². The molecule has 0 amide bonds. The molecule has 144 valence electrons. The second kappa shape index (κ2) is 7.72. The minimum absolute atomic E-state index is 0.0112. The minimum atomic E-state index is -4.76. The van der Waals surface area contributed by atoms with Gasteiger partial charge in [0.25, 0.3) is 0 Å². The van der Waals surface area contributed by atoms with Gasteiger partial charge < -0.3 is 5.11 Å². The third-order valence-corrected chi connectivity index (χ3v) is 5.00. The molecule has 6 heteroatoms. The van der Waals surface area contributed by atoms with E-state index in [1.807, 2.05) is 60.7 Å². The topological polar surface area (TPSA) is 35.8 Å². The lowest BCUT2D eigenvalue weighted by Crippen LogP contribution is -2.44. The van der Waals surface area contributed by atoms with Crippen molar-refractivity contribution in [3.63, 3.8) is 0 Å². The summed E-state index contributed by atoms with van der Waals surface area (Å²) in [6.45, 7) is 1.28. The molecule has 2 atom stereocenters. The molecule has 3 rings (SSSR count). The molecule has 1 saturated heterocycles. The van der Waals surface area contributed by atoms with Gasteiger partial charge in [0.1, 0.15) is 0 Å². The van der Waals surface area contributed by atoms with E-state index in [0.29, 0.717) is 19.7 Å². The van der Waals surface area contributed by atoms with Gasteiger partial charge in [-0.05, 0) is 30.9 Å². The Hall–Kier alpha value is -2.34. The molecule has 3 nitrogen and oxygen atoms in total. The van der Waals surface area contributed by atoms with E-state index in [-0.39, 0.29) is 12.0 Å². The second-order valence-corrected chi connectivity index (χ2v) is 7.06. The first-order valence-corrected chi connectivity index (χ1v) is 9.00. The maximum absolute atomic E-state index is 12.9. The summed E-state index contributed by atoms with van der Waals surface area (Å²) in [5.74, 6) is -0.0112. The van der Waals surface area contributed by atoms with Gasteiger partial charge in [0.05, 0.1) is 12.3 Å². The van der Waals surface area contributed by atoms with Gasteiger partial charge in [0, 0.05) is 12.5 Å². The van der Waals surface area contributed by atoms with Crippen molar-refractivity contribution < 1.29 is 18.3 Å². The third-order valence-electron chi connectivity index (χ3n) is 5.00. The zero-order chi connectivity index (χ0) is 19.5. The van der Waals surface area contributed by atoms with Crippen LogP contribution in [0.2, 0.25) is 0 Å². The highest BCUT2D eigenvalue weighted by molar-refractivity contribution is 5.68. The number of nitrogens with zero attached hydrogens (tertiary/aromatic N) is 2. The number of benzene rings is 2. The van der Waals surface area contributed by atoms with Crippen molar-refractivity contribution in [2.24, 2.45) is 5.10 Å². The fourth-order valence-electron chi connectivity index (χ4n) is 3.48. The number of hydrogen-bond donors (Lipinski definition) is 1. The molecule has 1 fully saturated rings. The summed E-state index contributed by atoms with van der Waals surface area (Å²) in [5, 5.41) is 15.4. The molecular formula is C21H23F3N2O. The summed E-state index contributed by atoms with van der Waals surface area (Å²) in [6, 6.07) is 19.8. The Balaban J connectivity index is 1.92. The van der Waals surface area contributed by atoms with Gasteiger partial charge in [0.15, 0.2) is 5.60 Å². The molecule has 1 unspecified atom stereocenters. The lowest BCUT2D eigenvalue weighted by Gasteiger charge is -2.31. The van der Waals surface area contributed by atoms with Crippen LogP contribution in [0.1, 0.15) is 36.8 Å². The quantitative estimate of drug-likeness (QED) is 0.776. The predicted octanol–water partition coefficient (Wildman–Crippen LogP) is 4.58. The SMILES string of the molecule is CC(O)(/C=N/N1CCC[C@H]1C(c1ccccc1)c1ccccc1)C(F)(F)F. The van der Waals surface area contributed by atoms with Crippen molar-refractivity contribution in [3.8, 4) is 0 Å². The average molecular weight is 376 g/mol. The van der Waals surface area contributed by atoms with Crippen LogP contribution in [-0.2, 0) is 0 Å². The lowest BCUT2D eigenvalue weighted by molar-refractivity contribution is -0.222. The first-order chi connectivity index (χ1) is 12.8. The molecular weight excluding hydrogens is 353 g/mol. The first-order valence-electron chi connectivity index (χ1n) is 9.00. The zero-order valence-electron chi connectivity index (χ0n) is 15.1. The molecule has 0 bridgehead atoms. The molecule has 2 aromatic carbocycles. The Bertz CT molecular complexity index is 721. The van der Waals surface area contributed by atoms with Gasteiger partial charge in [-0.15, -0.1) is 0 Å². The van der Waals surface area contributed by atoms with E-state index in [2.05, 4.69) is 5.10 Å². The van der Waals surface area contributed by atoms with E-state index in [4.69, 9.17) is 0 Å². The highest BCUT2D eigenvalue weighted by Gasteiger charge is 2.49. The summed E-state index contributed by atoms with van der Waals surface area (Å²) in [4.78, 5) is 0. The van der Waals surface area contributed by atoms with Crippen molar-refractivity contribution in [2.45, 2.75) is 43.5 Å². The maximum atomic E-state index is 12.9. The summed E-state index contributed by atoms with van der Waals surface area (Å²) in [5.41, 5.74) is -0.758. The number of rotatable bonds is 5.